The van der Waals surface area contributed by atoms with Crippen LogP contribution in [-0.2, 0) is 6.54 Å². The van der Waals surface area contributed by atoms with E-state index in [1.165, 1.54) is 32.7 Å². The molecule has 0 aliphatic carbocycles. The summed E-state index contributed by atoms with van der Waals surface area (Å²) in [6.07, 6.45) is 6.11. The maximum Gasteiger partial charge on any atom is 0.260 e. The lowest BCUT2D eigenvalue weighted by atomic mass is 10.1. The van der Waals surface area contributed by atoms with Crippen LogP contribution in [-0.4, -0.2) is 55.4 Å². The fourth-order valence-corrected chi connectivity index (χ4v) is 4.63. The summed E-state index contributed by atoms with van der Waals surface area (Å²) in [5.74, 6) is 1.79. The Balaban J connectivity index is 0.00000342. The van der Waals surface area contributed by atoms with Crippen molar-refractivity contribution < 1.29 is 23.7 Å². The summed E-state index contributed by atoms with van der Waals surface area (Å²) in [6, 6.07) is 8.98. The Labute approximate surface area is 213 Å². The summed E-state index contributed by atoms with van der Waals surface area (Å²) >= 11 is 1.44. The maximum atomic E-state index is 13.8. The molecule has 0 saturated heterocycles. The van der Waals surface area contributed by atoms with Gasteiger partial charge in [-0.25, -0.2) is 9.97 Å². The van der Waals surface area contributed by atoms with E-state index in [1.807, 2.05) is 29.0 Å². The first kappa shape index (κ1) is 26.1. The number of nitrogens with zero attached hydrogens (tertiary/aromatic N) is 4. The Morgan fingerprint density at radius 1 is 1.03 bits per heavy atom. The highest BCUT2D eigenvalue weighted by atomic mass is 35.5. The highest BCUT2D eigenvalue weighted by Gasteiger charge is 2.24. The smallest absolute Gasteiger partial charge is 0.260 e. The minimum Gasteiger partial charge on any atom is -0.497 e. The number of amides is 1. The lowest BCUT2D eigenvalue weighted by molar-refractivity contribution is 0.0985. The Morgan fingerprint density at radius 3 is 2.37 bits per heavy atom. The van der Waals surface area contributed by atoms with Crippen molar-refractivity contribution in [2.45, 2.75) is 13.0 Å². The molecule has 4 rings (SSSR count). The molecule has 0 fully saturated rings. The third-order valence-corrected chi connectivity index (χ3v) is 6.37. The van der Waals surface area contributed by atoms with E-state index < -0.39 is 0 Å². The summed E-state index contributed by atoms with van der Waals surface area (Å²) in [6.45, 7) is 1.18. The number of aryl methyl sites for hydroxylation is 1. The Hall–Kier alpha value is -3.50. The number of rotatable bonds is 10. The van der Waals surface area contributed by atoms with E-state index in [2.05, 4.69) is 4.98 Å². The number of hydrogen-bond acceptors (Lipinski definition) is 8. The SMILES string of the molecule is COc1ccc2nc(N(CCCn3ccnc3)C(=O)c3cc(OC)c(OC)c(OC)c3)sc2c1.Cl. The molecule has 0 unspecified atom stereocenters. The third kappa shape index (κ3) is 5.60. The summed E-state index contributed by atoms with van der Waals surface area (Å²) in [5, 5.41) is 0.604. The summed E-state index contributed by atoms with van der Waals surface area (Å²) in [4.78, 5) is 24.3. The van der Waals surface area contributed by atoms with E-state index in [9.17, 15) is 4.79 Å². The molecule has 0 saturated carbocycles. The number of anilines is 1. The number of carbonyl (C=O) groups is 1. The largest absolute Gasteiger partial charge is 0.497 e. The second-order valence-electron chi connectivity index (χ2n) is 7.35. The molecule has 9 nitrogen and oxygen atoms in total. The molecule has 4 aromatic rings. The zero-order valence-electron chi connectivity index (χ0n) is 19.9. The number of thiazole rings is 1. The minimum absolute atomic E-state index is 0. The van der Waals surface area contributed by atoms with Gasteiger partial charge in [0, 0.05) is 31.0 Å². The van der Waals surface area contributed by atoms with Gasteiger partial charge in [0.2, 0.25) is 5.75 Å². The number of benzene rings is 2. The van der Waals surface area contributed by atoms with E-state index in [-0.39, 0.29) is 18.3 Å². The zero-order chi connectivity index (χ0) is 24.1. The molecule has 2 aromatic carbocycles. The molecular weight excluding hydrogens is 492 g/mol. The van der Waals surface area contributed by atoms with E-state index in [4.69, 9.17) is 23.9 Å². The summed E-state index contributed by atoms with van der Waals surface area (Å²) < 4.78 is 24.5. The van der Waals surface area contributed by atoms with Crippen molar-refractivity contribution in [3.8, 4) is 23.0 Å². The van der Waals surface area contributed by atoms with Gasteiger partial charge in [0.05, 0.1) is 45.0 Å². The molecule has 2 aromatic heterocycles. The van der Waals surface area contributed by atoms with Crippen LogP contribution in [0.4, 0.5) is 5.13 Å². The molecule has 0 aliphatic heterocycles. The van der Waals surface area contributed by atoms with E-state index in [1.54, 1.807) is 36.7 Å². The Morgan fingerprint density at radius 2 is 1.77 bits per heavy atom. The van der Waals surface area contributed by atoms with Crippen LogP contribution in [0.1, 0.15) is 16.8 Å². The zero-order valence-corrected chi connectivity index (χ0v) is 21.5. The van der Waals surface area contributed by atoms with Crippen LogP contribution in [0.15, 0.2) is 49.1 Å². The van der Waals surface area contributed by atoms with Gasteiger partial charge in [0.1, 0.15) is 5.75 Å². The van der Waals surface area contributed by atoms with Gasteiger partial charge >= 0.3 is 0 Å². The first-order valence-corrected chi connectivity index (χ1v) is 11.4. The number of hydrogen-bond donors (Lipinski definition) is 0. The molecule has 1 amide bonds. The van der Waals surface area contributed by atoms with Crippen molar-refractivity contribution in [2.24, 2.45) is 0 Å². The van der Waals surface area contributed by atoms with Crippen molar-refractivity contribution in [3.63, 3.8) is 0 Å². The molecule has 0 bridgehead atoms. The summed E-state index contributed by atoms with van der Waals surface area (Å²) in [7, 11) is 6.20. The minimum atomic E-state index is -0.212. The fourth-order valence-electron chi connectivity index (χ4n) is 3.61. The lowest BCUT2D eigenvalue weighted by Crippen LogP contribution is -2.32. The van der Waals surface area contributed by atoms with Gasteiger partial charge in [0.15, 0.2) is 16.6 Å². The second-order valence-corrected chi connectivity index (χ2v) is 8.36. The second kappa shape index (κ2) is 11.8. The van der Waals surface area contributed by atoms with Crippen molar-refractivity contribution in [1.29, 1.82) is 0 Å². The topological polar surface area (TPSA) is 87.9 Å². The highest BCUT2D eigenvalue weighted by molar-refractivity contribution is 7.22. The summed E-state index contributed by atoms with van der Waals surface area (Å²) in [5.41, 5.74) is 1.21. The molecule has 0 N–H and O–H groups in total. The molecule has 11 heteroatoms. The van der Waals surface area contributed by atoms with Gasteiger partial charge in [-0.3, -0.25) is 9.69 Å². The molecule has 2 heterocycles. The van der Waals surface area contributed by atoms with Gasteiger partial charge < -0.3 is 23.5 Å². The van der Waals surface area contributed by atoms with E-state index in [0.717, 1.165) is 22.5 Å². The van der Waals surface area contributed by atoms with Gasteiger partial charge in [-0.1, -0.05) is 11.3 Å². The molecule has 186 valence electrons. The maximum absolute atomic E-state index is 13.8. The van der Waals surface area contributed by atoms with E-state index in [0.29, 0.717) is 40.9 Å². The first-order chi connectivity index (χ1) is 16.6. The number of halogens is 1. The van der Waals surface area contributed by atoms with Crippen molar-refractivity contribution >= 4 is 45.0 Å². The number of carbonyl (C=O) groups excluding carboxylic acids is 1. The van der Waals surface area contributed by atoms with E-state index >= 15 is 0 Å². The average Bonchev–Trinajstić information content (AvgIpc) is 3.54. The lowest BCUT2D eigenvalue weighted by Gasteiger charge is -2.21. The van der Waals surface area contributed by atoms with Crippen LogP contribution in [0.2, 0.25) is 0 Å². The van der Waals surface area contributed by atoms with Crippen LogP contribution in [0.3, 0.4) is 0 Å². The molecule has 0 atom stereocenters. The highest BCUT2D eigenvalue weighted by Crippen LogP contribution is 2.39. The molecule has 35 heavy (non-hydrogen) atoms. The predicted molar refractivity (Wildman–Crippen MR) is 138 cm³/mol. The van der Waals surface area contributed by atoms with Gasteiger partial charge in [-0.2, -0.15) is 0 Å². The number of imidazole rings is 1. The van der Waals surface area contributed by atoms with Crippen molar-refractivity contribution in [2.75, 3.05) is 39.9 Å². The van der Waals surface area contributed by atoms with Crippen LogP contribution in [0, 0.1) is 0 Å². The quantitative estimate of drug-likeness (QED) is 0.301. The van der Waals surface area contributed by atoms with Gasteiger partial charge in [0.25, 0.3) is 5.91 Å². The van der Waals surface area contributed by atoms with Crippen LogP contribution >= 0.6 is 23.7 Å². The van der Waals surface area contributed by atoms with Crippen molar-refractivity contribution in [1.82, 2.24) is 14.5 Å². The molecule has 0 radical (unpaired) electrons. The Bertz CT molecular complexity index is 1250. The van der Waals surface area contributed by atoms with Crippen LogP contribution in [0.5, 0.6) is 23.0 Å². The number of ether oxygens (including phenoxy) is 4. The Kier molecular flexibility index (Phi) is 8.78. The fraction of sp³-hybridized carbons (Fsp3) is 0.292. The van der Waals surface area contributed by atoms with Crippen molar-refractivity contribution in [3.05, 3.63) is 54.6 Å². The van der Waals surface area contributed by atoms with Crippen LogP contribution < -0.4 is 23.8 Å². The number of aromatic nitrogens is 3. The molecular formula is C24H27ClN4O5S. The monoisotopic (exact) mass is 518 g/mol. The van der Waals surface area contributed by atoms with Gasteiger partial charge in [-0.05, 0) is 36.8 Å². The average molecular weight is 519 g/mol. The molecule has 0 spiro atoms. The molecule has 0 aliphatic rings. The van der Waals surface area contributed by atoms with Gasteiger partial charge in [-0.15, -0.1) is 12.4 Å². The normalized spacial score (nSPS) is 10.5. The number of fused-ring (bicyclic) bond motifs is 1. The first-order valence-electron chi connectivity index (χ1n) is 10.6. The predicted octanol–water partition coefficient (Wildman–Crippen LogP) is 4.69. The third-order valence-electron chi connectivity index (χ3n) is 5.33. The van der Waals surface area contributed by atoms with Crippen LogP contribution in [0.25, 0.3) is 10.2 Å². The number of methoxy groups -OCH3 is 4. The standard InChI is InChI=1S/C24H26N4O5S.ClH/c1-30-17-6-7-18-21(14-17)34-24(26-18)28(10-5-9-27-11-8-25-15-27)23(29)16-12-19(31-2)22(33-4)20(13-16)32-3;/h6-8,11-15H,5,9-10H2,1-4H3;1H.